The van der Waals surface area contributed by atoms with E-state index in [0.29, 0.717) is 5.69 Å². The Morgan fingerprint density at radius 3 is 2.71 bits per heavy atom. The zero-order valence-electron chi connectivity index (χ0n) is 14.7. The average Bonchev–Trinajstić information content (AvgIpc) is 2.69. The summed E-state index contributed by atoms with van der Waals surface area (Å²) < 4.78 is 31.7. The second-order valence-electron chi connectivity index (χ2n) is 5.90. The van der Waals surface area contributed by atoms with E-state index in [-0.39, 0.29) is 30.3 Å². The van der Waals surface area contributed by atoms with Gasteiger partial charge >= 0.3 is 5.97 Å². The number of ether oxygens (including phenoxy) is 1. The number of sulfonamides is 1. The molecule has 0 saturated heterocycles. The minimum absolute atomic E-state index is 0.151. The van der Waals surface area contributed by atoms with Gasteiger partial charge in [0.05, 0.1) is 17.4 Å². The van der Waals surface area contributed by atoms with Gasteiger partial charge in [-0.15, -0.1) is 4.40 Å². The van der Waals surface area contributed by atoms with Crippen molar-refractivity contribution in [3.63, 3.8) is 0 Å². The number of nitrogens with zero attached hydrogens (tertiary/aromatic N) is 4. The molecule has 0 fully saturated rings. The highest BCUT2D eigenvalue weighted by atomic mass is 32.2. The van der Waals surface area contributed by atoms with Gasteiger partial charge in [-0.1, -0.05) is 18.2 Å². The summed E-state index contributed by atoms with van der Waals surface area (Å²) >= 11 is 0. The maximum absolute atomic E-state index is 12.4. The van der Waals surface area contributed by atoms with Gasteiger partial charge in [0.1, 0.15) is 12.4 Å². The maximum Gasteiger partial charge on any atom is 0.340 e. The van der Waals surface area contributed by atoms with E-state index < -0.39 is 28.5 Å². The van der Waals surface area contributed by atoms with Crippen LogP contribution >= 0.6 is 0 Å². The summed E-state index contributed by atoms with van der Waals surface area (Å²) in [4.78, 5) is 27.4. The van der Waals surface area contributed by atoms with E-state index in [9.17, 15) is 18.0 Å². The van der Waals surface area contributed by atoms with Gasteiger partial charge in [-0.25, -0.2) is 13.2 Å². The van der Waals surface area contributed by atoms with E-state index in [1.54, 1.807) is 30.3 Å². The van der Waals surface area contributed by atoms with Crippen LogP contribution < -0.4 is 4.90 Å². The molecule has 1 aromatic carbocycles. The van der Waals surface area contributed by atoms with Crippen LogP contribution in [0.4, 0.5) is 5.69 Å². The van der Waals surface area contributed by atoms with Crippen molar-refractivity contribution >= 4 is 33.4 Å². The number of carbonyl (C=O) groups is 2. The first-order chi connectivity index (χ1) is 13.4. The molecule has 0 unspecified atom stereocenters. The highest BCUT2D eigenvalue weighted by Crippen LogP contribution is 2.17. The molecule has 2 heterocycles. The molecule has 0 bridgehead atoms. The Balaban J connectivity index is 1.64. The molecule has 144 valence electrons. The number of rotatable bonds is 5. The number of fused-ring (bicyclic) bond motifs is 1. The van der Waals surface area contributed by atoms with Crippen LogP contribution in [-0.4, -0.2) is 56.5 Å². The van der Waals surface area contributed by atoms with Gasteiger partial charge in [-0.05, 0) is 24.3 Å². The van der Waals surface area contributed by atoms with Crippen molar-refractivity contribution in [1.29, 1.82) is 5.26 Å². The highest BCUT2D eigenvalue weighted by molar-refractivity contribution is 7.90. The Morgan fingerprint density at radius 2 is 2.00 bits per heavy atom. The summed E-state index contributed by atoms with van der Waals surface area (Å²) in [5, 5.41) is 8.95. The first-order valence-electron chi connectivity index (χ1n) is 8.28. The number of benzene rings is 1. The number of para-hydroxylation sites is 1. The third kappa shape index (κ3) is 4.44. The molecule has 9 nitrogen and oxygen atoms in total. The van der Waals surface area contributed by atoms with Crippen LogP contribution in [0.1, 0.15) is 0 Å². The smallest absolute Gasteiger partial charge is 0.340 e. The first-order valence-corrected chi connectivity index (χ1v) is 9.89. The van der Waals surface area contributed by atoms with Crippen molar-refractivity contribution in [2.45, 2.75) is 0 Å². The third-order valence-corrected chi connectivity index (χ3v) is 5.15. The zero-order chi connectivity index (χ0) is 20.1. The van der Waals surface area contributed by atoms with Gasteiger partial charge in [-0.3, -0.25) is 9.69 Å². The Hall–Kier alpha value is -3.45. The summed E-state index contributed by atoms with van der Waals surface area (Å²) in [6.07, 6.45) is 4.22. The maximum atomic E-state index is 12.4. The van der Waals surface area contributed by atoms with Crippen molar-refractivity contribution in [2.75, 3.05) is 30.3 Å². The summed E-state index contributed by atoms with van der Waals surface area (Å²) in [6.45, 7) is -0.536. The number of esters is 1. The lowest BCUT2D eigenvalue weighted by molar-refractivity contribution is -0.143. The number of anilines is 1. The minimum Gasteiger partial charge on any atom is -0.452 e. The van der Waals surface area contributed by atoms with Gasteiger partial charge in [0.2, 0.25) is 0 Å². The first kappa shape index (κ1) is 19.3. The van der Waals surface area contributed by atoms with E-state index in [4.69, 9.17) is 10.00 Å². The molecule has 0 atom stereocenters. The lowest BCUT2D eigenvalue weighted by atomic mass is 10.2. The summed E-state index contributed by atoms with van der Waals surface area (Å²) in [5.74, 6) is -1.19. The molecule has 10 heteroatoms. The van der Waals surface area contributed by atoms with Crippen LogP contribution in [-0.2, 0) is 24.3 Å². The Labute approximate surface area is 161 Å². The number of carbonyl (C=O) groups excluding carboxylic acids is 2. The van der Waals surface area contributed by atoms with Crippen molar-refractivity contribution in [3.8, 4) is 6.07 Å². The Bertz CT molecular complexity index is 1020. The normalized spacial score (nSPS) is 16.9. The van der Waals surface area contributed by atoms with Gasteiger partial charge < -0.3 is 9.64 Å². The molecule has 28 heavy (non-hydrogen) atoms. The predicted molar refractivity (Wildman–Crippen MR) is 101 cm³/mol. The van der Waals surface area contributed by atoms with Crippen LogP contribution in [0.15, 0.2) is 58.7 Å². The summed E-state index contributed by atoms with van der Waals surface area (Å²) in [7, 11) is -3.48. The van der Waals surface area contributed by atoms with E-state index in [1.165, 1.54) is 28.2 Å². The van der Waals surface area contributed by atoms with Crippen LogP contribution in [0.2, 0.25) is 0 Å². The van der Waals surface area contributed by atoms with Crippen LogP contribution in [0.3, 0.4) is 0 Å². The summed E-state index contributed by atoms with van der Waals surface area (Å²) in [6, 6.07) is 10.5. The fraction of sp³-hybridized carbons (Fsp3) is 0.222. The largest absolute Gasteiger partial charge is 0.452 e. The van der Waals surface area contributed by atoms with Gasteiger partial charge in [0, 0.05) is 18.4 Å². The number of nitriles is 1. The fourth-order valence-electron chi connectivity index (χ4n) is 2.61. The van der Waals surface area contributed by atoms with Crippen LogP contribution in [0, 0.1) is 11.3 Å². The number of hydrogen-bond acceptors (Lipinski definition) is 7. The number of amides is 1. The molecule has 0 aliphatic carbocycles. The van der Waals surface area contributed by atoms with E-state index in [1.807, 2.05) is 6.07 Å². The van der Waals surface area contributed by atoms with Crippen LogP contribution in [0.25, 0.3) is 0 Å². The highest BCUT2D eigenvalue weighted by Gasteiger charge is 2.26. The lowest BCUT2D eigenvalue weighted by Gasteiger charge is -2.26. The molecule has 0 N–H and O–H groups in total. The molecular weight excluding hydrogens is 384 g/mol. The van der Waals surface area contributed by atoms with Gasteiger partial charge in [-0.2, -0.15) is 5.26 Å². The third-order valence-electron chi connectivity index (χ3n) is 3.98. The topological polar surface area (TPSA) is 120 Å². The second kappa shape index (κ2) is 8.06. The molecule has 0 spiro atoms. The summed E-state index contributed by atoms with van der Waals surface area (Å²) in [5.41, 5.74) is 0.690. The standard InChI is InChI=1S/C18H16N4O5S/c19-8-9-22(15-4-2-1-3-5-15)17(23)13-27-18(24)14-6-7-16-20-28(25,26)11-10-21(16)12-14/h1-7,12H,9-11,13H2. The van der Waals surface area contributed by atoms with Crippen LogP contribution in [0.5, 0.6) is 0 Å². The Morgan fingerprint density at radius 1 is 1.25 bits per heavy atom. The fourth-order valence-corrected chi connectivity index (χ4v) is 3.58. The molecule has 2 aliphatic heterocycles. The quantitative estimate of drug-likeness (QED) is 0.524. The van der Waals surface area contributed by atoms with Crippen molar-refractivity contribution in [2.24, 2.45) is 4.40 Å². The number of hydrogen-bond donors (Lipinski definition) is 0. The van der Waals surface area contributed by atoms with Gasteiger partial charge in [0.15, 0.2) is 6.61 Å². The zero-order valence-corrected chi connectivity index (χ0v) is 15.5. The average molecular weight is 400 g/mol. The van der Waals surface area contributed by atoms with Crippen molar-refractivity contribution in [1.82, 2.24) is 4.90 Å². The van der Waals surface area contributed by atoms with E-state index in [0.717, 1.165) is 0 Å². The molecule has 2 aliphatic rings. The van der Waals surface area contributed by atoms with E-state index >= 15 is 0 Å². The molecule has 3 rings (SSSR count). The van der Waals surface area contributed by atoms with E-state index in [2.05, 4.69) is 4.40 Å². The predicted octanol–water partition coefficient (Wildman–Crippen LogP) is 0.584. The second-order valence-corrected chi connectivity index (χ2v) is 7.65. The van der Waals surface area contributed by atoms with Gasteiger partial charge in [0.25, 0.3) is 15.9 Å². The molecule has 0 saturated carbocycles. The molecular formula is C18H16N4O5S. The lowest BCUT2D eigenvalue weighted by Crippen LogP contribution is -2.37. The van der Waals surface area contributed by atoms with Crippen molar-refractivity contribution in [3.05, 3.63) is 54.3 Å². The SMILES string of the molecule is N#CCN(C(=O)COC(=O)C1=CN2CCS(=O)(=O)N=C2C=C1)c1ccccc1. The molecule has 0 aromatic heterocycles. The Kier molecular flexibility index (Phi) is 5.56. The molecule has 1 aromatic rings. The van der Waals surface area contributed by atoms with Crippen molar-refractivity contribution < 1.29 is 22.7 Å². The molecule has 0 radical (unpaired) electrons. The monoisotopic (exact) mass is 400 g/mol. The number of amidine groups is 1. The minimum atomic E-state index is -3.48. The molecule has 1 amide bonds.